The van der Waals surface area contributed by atoms with Crippen molar-refractivity contribution in [3.63, 3.8) is 0 Å². The number of nitrogens with one attached hydrogen (secondary N) is 2. The van der Waals surface area contributed by atoms with Gasteiger partial charge in [0.2, 0.25) is 0 Å². The number of hydrogen-bond donors (Lipinski definition) is 2. The average molecular weight is 424 g/mol. The molecule has 1 aromatic heterocycles. The molecule has 0 aliphatic carbocycles. The lowest BCUT2D eigenvalue weighted by molar-refractivity contribution is 0.242. The Balaban J connectivity index is 1.95. The summed E-state index contributed by atoms with van der Waals surface area (Å²) in [5, 5.41) is 8.65. The first-order valence-corrected chi connectivity index (χ1v) is 12.3. The van der Waals surface area contributed by atoms with Crippen LogP contribution in [0.15, 0.2) is 46.8 Å². The van der Waals surface area contributed by atoms with Gasteiger partial charge in [0, 0.05) is 29.9 Å². The number of aliphatic imine (C=N–C) groups is 1. The molecule has 28 heavy (non-hydrogen) atoms. The van der Waals surface area contributed by atoms with Crippen LogP contribution in [0.1, 0.15) is 25.1 Å². The predicted molar refractivity (Wildman–Crippen MR) is 118 cm³/mol. The van der Waals surface area contributed by atoms with Crippen LogP contribution in [0.5, 0.6) is 5.75 Å². The zero-order chi connectivity index (χ0) is 20.4. The number of thiophene rings is 1. The molecule has 0 saturated heterocycles. The number of guanidine groups is 1. The number of ether oxygens (including phenoxy) is 1. The summed E-state index contributed by atoms with van der Waals surface area (Å²) < 4.78 is 28.2. The molecule has 0 bridgehead atoms. The molecule has 1 heterocycles. The minimum atomic E-state index is -2.96. The molecule has 0 aliphatic rings. The van der Waals surface area contributed by atoms with Crippen molar-refractivity contribution in [2.24, 2.45) is 4.99 Å². The molecule has 2 rings (SSSR count). The Morgan fingerprint density at radius 3 is 2.57 bits per heavy atom. The highest BCUT2D eigenvalue weighted by Crippen LogP contribution is 2.17. The van der Waals surface area contributed by atoms with Gasteiger partial charge in [-0.2, -0.15) is 0 Å². The molecule has 2 N–H and O–H groups in total. The molecule has 6 nitrogen and oxygen atoms in total. The van der Waals surface area contributed by atoms with Crippen LogP contribution in [0.25, 0.3) is 0 Å². The van der Waals surface area contributed by atoms with Crippen molar-refractivity contribution in [2.45, 2.75) is 32.8 Å². The highest BCUT2D eigenvalue weighted by atomic mass is 32.2. The smallest absolute Gasteiger partial charge is 0.195 e. The molecule has 2 aromatic rings. The van der Waals surface area contributed by atoms with Crippen molar-refractivity contribution >= 4 is 32.8 Å². The molecule has 0 unspecified atom stereocenters. The van der Waals surface area contributed by atoms with Gasteiger partial charge < -0.3 is 15.4 Å². The molecule has 0 radical (unpaired) electrons. The minimum absolute atomic E-state index is 0.129. The Kier molecular flexibility index (Phi) is 8.79. The SMILES string of the molecule is CC(C)Oc1ccc(NC(=NCCCS(C)(=O)=O)NCCc2cccs2)cc1. The second kappa shape index (κ2) is 11.1. The van der Waals surface area contributed by atoms with Crippen molar-refractivity contribution in [3.05, 3.63) is 46.7 Å². The number of nitrogens with zero attached hydrogens (tertiary/aromatic N) is 1. The number of benzene rings is 1. The minimum Gasteiger partial charge on any atom is -0.491 e. The summed E-state index contributed by atoms with van der Waals surface area (Å²) in [4.78, 5) is 5.82. The summed E-state index contributed by atoms with van der Waals surface area (Å²) in [6.07, 6.45) is 2.78. The quantitative estimate of drug-likeness (QED) is 0.347. The molecule has 0 amide bonds. The molecule has 154 valence electrons. The summed E-state index contributed by atoms with van der Waals surface area (Å²) in [5.74, 6) is 1.60. The first-order valence-electron chi connectivity index (χ1n) is 9.34. The molecule has 0 spiro atoms. The lowest BCUT2D eigenvalue weighted by Crippen LogP contribution is -2.32. The Hall–Kier alpha value is -2.06. The molecular formula is C20H29N3O3S2. The third-order valence-electron chi connectivity index (χ3n) is 3.68. The summed E-state index contributed by atoms with van der Waals surface area (Å²) in [7, 11) is -2.96. The Labute approximate surface area is 172 Å². The van der Waals surface area contributed by atoms with E-state index in [0.717, 1.165) is 24.4 Å². The Bertz CT molecular complexity index is 830. The van der Waals surface area contributed by atoms with Crippen molar-refractivity contribution in [1.29, 1.82) is 0 Å². The van der Waals surface area contributed by atoms with Gasteiger partial charge in [-0.3, -0.25) is 4.99 Å². The molecule has 0 atom stereocenters. The van der Waals surface area contributed by atoms with Crippen LogP contribution in [-0.4, -0.2) is 45.6 Å². The highest BCUT2D eigenvalue weighted by Gasteiger charge is 2.04. The van der Waals surface area contributed by atoms with E-state index in [1.54, 1.807) is 11.3 Å². The second-order valence-corrected chi connectivity index (χ2v) is 10.1. The standard InChI is InChI=1S/C20H29N3O3S2/c1-16(2)26-18-9-7-17(8-10-18)23-20(21-12-5-15-28(3,24)25)22-13-11-19-6-4-14-27-19/h4,6-10,14,16H,5,11-13,15H2,1-3H3,(H2,21,22,23). The highest BCUT2D eigenvalue weighted by molar-refractivity contribution is 7.90. The zero-order valence-electron chi connectivity index (χ0n) is 16.6. The summed E-state index contributed by atoms with van der Waals surface area (Å²) in [6.45, 7) is 5.17. The van der Waals surface area contributed by atoms with Gasteiger partial charge >= 0.3 is 0 Å². The monoisotopic (exact) mass is 423 g/mol. The maximum Gasteiger partial charge on any atom is 0.195 e. The fourth-order valence-electron chi connectivity index (χ4n) is 2.44. The number of sulfone groups is 1. The van der Waals surface area contributed by atoms with E-state index in [-0.39, 0.29) is 11.9 Å². The van der Waals surface area contributed by atoms with E-state index in [1.807, 2.05) is 44.2 Å². The van der Waals surface area contributed by atoms with Crippen molar-refractivity contribution in [1.82, 2.24) is 5.32 Å². The predicted octanol–water partition coefficient (Wildman–Crippen LogP) is 3.57. The van der Waals surface area contributed by atoms with Crippen molar-refractivity contribution in [3.8, 4) is 5.75 Å². The lowest BCUT2D eigenvalue weighted by Gasteiger charge is -2.14. The largest absolute Gasteiger partial charge is 0.491 e. The Morgan fingerprint density at radius 2 is 1.96 bits per heavy atom. The molecular weight excluding hydrogens is 394 g/mol. The van der Waals surface area contributed by atoms with Crippen LogP contribution in [0.3, 0.4) is 0 Å². The maximum atomic E-state index is 11.3. The first-order chi connectivity index (χ1) is 13.3. The topological polar surface area (TPSA) is 79.8 Å². The average Bonchev–Trinajstić information content (AvgIpc) is 3.12. The van der Waals surface area contributed by atoms with E-state index in [9.17, 15) is 8.42 Å². The first kappa shape index (κ1) is 22.2. The van der Waals surface area contributed by atoms with Crippen LogP contribution in [0.4, 0.5) is 5.69 Å². The van der Waals surface area contributed by atoms with E-state index >= 15 is 0 Å². The maximum absolute atomic E-state index is 11.3. The van der Waals surface area contributed by atoms with Gasteiger partial charge in [-0.15, -0.1) is 11.3 Å². The van der Waals surface area contributed by atoms with Crippen LogP contribution in [0.2, 0.25) is 0 Å². The molecule has 0 aliphatic heterocycles. The second-order valence-electron chi connectivity index (χ2n) is 6.79. The molecule has 0 fully saturated rings. The molecule has 1 aromatic carbocycles. The van der Waals surface area contributed by atoms with Crippen LogP contribution < -0.4 is 15.4 Å². The number of anilines is 1. The van der Waals surface area contributed by atoms with Crippen LogP contribution >= 0.6 is 11.3 Å². The van der Waals surface area contributed by atoms with Crippen molar-refractivity contribution in [2.75, 3.05) is 30.4 Å². The zero-order valence-corrected chi connectivity index (χ0v) is 18.3. The Morgan fingerprint density at radius 1 is 1.21 bits per heavy atom. The van der Waals surface area contributed by atoms with Gasteiger partial charge in [0.1, 0.15) is 15.6 Å². The van der Waals surface area contributed by atoms with Gasteiger partial charge in [-0.25, -0.2) is 8.42 Å². The third-order valence-corrected chi connectivity index (χ3v) is 5.64. The van der Waals surface area contributed by atoms with Gasteiger partial charge in [-0.05, 0) is 62.4 Å². The van der Waals surface area contributed by atoms with Crippen molar-refractivity contribution < 1.29 is 13.2 Å². The third kappa shape index (κ3) is 9.23. The summed E-state index contributed by atoms with van der Waals surface area (Å²) >= 11 is 1.73. The van der Waals surface area contributed by atoms with Gasteiger partial charge in [-0.1, -0.05) is 6.07 Å². The number of rotatable bonds is 10. The summed E-state index contributed by atoms with van der Waals surface area (Å²) in [6, 6.07) is 11.8. The van der Waals surface area contributed by atoms with Gasteiger partial charge in [0.25, 0.3) is 0 Å². The van der Waals surface area contributed by atoms with Crippen LogP contribution in [0, 0.1) is 0 Å². The molecule has 8 heteroatoms. The van der Waals surface area contributed by atoms with E-state index in [4.69, 9.17) is 4.74 Å². The van der Waals surface area contributed by atoms with Crippen LogP contribution in [-0.2, 0) is 16.3 Å². The van der Waals surface area contributed by atoms with E-state index in [1.165, 1.54) is 11.1 Å². The summed E-state index contributed by atoms with van der Waals surface area (Å²) in [5.41, 5.74) is 0.890. The normalized spacial score (nSPS) is 12.2. The number of hydrogen-bond acceptors (Lipinski definition) is 5. The van der Waals surface area contributed by atoms with E-state index < -0.39 is 9.84 Å². The van der Waals surface area contributed by atoms with Gasteiger partial charge in [0.15, 0.2) is 5.96 Å². The lowest BCUT2D eigenvalue weighted by atomic mass is 10.3. The van der Waals surface area contributed by atoms with Gasteiger partial charge in [0.05, 0.1) is 11.9 Å². The van der Waals surface area contributed by atoms with E-state index in [2.05, 4.69) is 27.1 Å². The van der Waals surface area contributed by atoms with E-state index in [0.29, 0.717) is 18.9 Å². The fourth-order valence-corrected chi connectivity index (χ4v) is 3.80. The fraction of sp³-hybridized carbons (Fsp3) is 0.450. The molecule has 0 saturated carbocycles.